The van der Waals surface area contributed by atoms with Crippen LogP contribution in [0.2, 0.25) is 5.28 Å². The molecule has 8 heteroatoms. The molecule has 3 heterocycles. The number of nitrogens with zero attached hydrogens (tertiary/aromatic N) is 4. The monoisotopic (exact) mass is 398 g/mol. The number of H-pyrrole nitrogens is 1. The third-order valence-corrected chi connectivity index (χ3v) is 5.28. The van der Waals surface area contributed by atoms with Crippen LogP contribution in [0.3, 0.4) is 0 Å². The van der Waals surface area contributed by atoms with Crippen molar-refractivity contribution in [2.75, 3.05) is 24.5 Å². The maximum Gasteiger partial charge on any atom is 0.226 e. The first-order valence-electron chi connectivity index (χ1n) is 9.64. The number of piperidine rings is 1. The highest BCUT2D eigenvalue weighted by Crippen LogP contribution is 2.27. The molecule has 1 aromatic carbocycles. The molecule has 7 nitrogen and oxygen atoms in total. The lowest BCUT2D eigenvalue weighted by molar-refractivity contribution is -0.125. The van der Waals surface area contributed by atoms with E-state index in [-0.39, 0.29) is 17.1 Å². The second kappa shape index (κ2) is 8.56. The maximum absolute atomic E-state index is 12.7. The number of carbonyl (C=O) groups excluding carboxylic acids is 1. The predicted molar refractivity (Wildman–Crippen MR) is 109 cm³/mol. The van der Waals surface area contributed by atoms with Crippen molar-refractivity contribution in [2.24, 2.45) is 5.92 Å². The molecule has 0 bridgehead atoms. The molecule has 0 aliphatic carbocycles. The molecule has 1 saturated heterocycles. The summed E-state index contributed by atoms with van der Waals surface area (Å²) >= 11 is 6.05. The van der Waals surface area contributed by atoms with Gasteiger partial charge in [0.25, 0.3) is 0 Å². The Kier molecular flexibility index (Phi) is 5.71. The van der Waals surface area contributed by atoms with Gasteiger partial charge in [-0.3, -0.25) is 4.79 Å². The molecule has 1 fully saturated rings. The molecule has 1 atom stereocenters. The molecule has 1 aliphatic heterocycles. The van der Waals surface area contributed by atoms with E-state index in [1.54, 1.807) is 6.33 Å². The van der Waals surface area contributed by atoms with Crippen molar-refractivity contribution in [1.82, 2.24) is 25.3 Å². The van der Waals surface area contributed by atoms with Gasteiger partial charge in [0.1, 0.15) is 5.52 Å². The SMILES string of the molecule is O=C(NCCCc1ccccc1)C1CCCN(c2nc(Cl)nc3nc[nH]c23)C1. The van der Waals surface area contributed by atoms with Crippen molar-refractivity contribution >= 4 is 34.5 Å². The molecular weight excluding hydrogens is 376 g/mol. The minimum Gasteiger partial charge on any atom is -0.356 e. The molecule has 146 valence electrons. The minimum absolute atomic E-state index is 0.0582. The molecule has 1 aliphatic rings. The van der Waals surface area contributed by atoms with E-state index in [4.69, 9.17) is 11.6 Å². The number of halogens is 1. The van der Waals surface area contributed by atoms with E-state index in [1.165, 1.54) is 5.56 Å². The van der Waals surface area contributed by atoms with Crippen LogP contribution < -0.4 is 10.2 Å². The van der Waals surface area contributed by atoms with Crippen molar-refractivity contribution in [1.29, 1.82) is 0 Å². The highest BCUT2D eigenvalue weighted by Gasteiger charge is 2.28. The number of anilines is 1. The normalized spacial score (nSPS) is 17.0. The lowest BCUT2D eigenvalue weighted by atomic mass is 9.97. The number of nitrogens with one attached hydrogen (secondary N) is 2. The number of carbonyl (C=O) groups is 1. The van der Waals surface area contributed by atoms with Crippen molar-refractivity contribution in [3.05, 3.63) is 47.5 Å². The minimum atomic E-state index is -0.0582. The molecule has 1 amide bonds. The summed E-state index contributed by atoms with van der Waals surface area (Å²) in [5.41, 5.74) is 2.60. The fraction of sp³-hybridized carbons (Fsp3) is 0.400. The lowest BCUT2D eigenvalue weighted by Crippen LogP contribution is -2.43. The third-order valence-electron chi connectivity index (χ3n) is 5.12. The Bertz CT molecular complexity index is 944. The van der Waals surface area contributed by atoms with Crippen LogP contribution in [-0.4, -0.2) is 45.5 Å². The van der Waals surface area contributed by atoms with Gasteiger partial charge in [-0.25, -0.2) is 4.98 Å². The van der Waals surface area contributed by atoms with E-state index >= 15 is 0 Å². The van der Waals surface area contributed by atoms with Gasteiger partial charge in [0.05, 0.1) is 12.2 Å². The van der Waals surface area contributed by atoms with E-state index in [1.807, 2.05) is 18.2 Å². The molecule has 1 unspecified atom stereocenters. The van der Waals surface area contributed by atoms with E-state index in [0.717, 1.165) is 37.7 Å². The second-order valence-electron chi connectivity index (χ2n) is 7.08. The Hall–Kier alpha value is -2.67. The predicted octanol–water partition coefficient (Wildman–Crippen LogP) is 2.97. The lowest BCUT2D eigenvalue weighted by Gasteiger charge is -2.33. The van der Waals surface area contributed by atoms with Gasteiger partial charge in [-0.1, -0.05) is 30.3 Å². The van der Waals surface area contributed by atoms with Crippen LogP contribution in [0, 0.1) is 5.92 Å². The van der Waals surface area contributed by atoms with Gasteiger partial charge < -0.3 is 15.2 Å². The summed E-state index contributed by atoms with van der Waals surface area (Å²) in [6, 6.07) is 10.3. The maximum atomic E-state index is 12.7. The molecule has 2 aromatic heterocycles. The average Bonchev–Trinajstić information content (AvgIpc) is 3.19. The number of aromatic amines is 1. The Morgan fingerprint density at radius 1 is 1.29 bits per heavy atom. The summed E-state index contributed by atoms with van der Waals surface area (Å²) in [6.45, 7) is 2.14. The Morgan fingerprint density at radius 3 is 3.00 bits per heavy atom. The zero-order valence-electron chi connectivity index (χ0n) is 15.6. The quantitative estimate of drug-likeness (QED) is 0.492. The molecule has 2 N–H and O–H groups in total. The van der Waals surface area contributed by atoms with Gasteiger partial charge >= 0.3 is 0 Å². The fourth-order valence-electron chi connectivity index (χ4n) is 3.70. The molecule has 4 rings (SSSR count). The highest BCUT2D eigenvalue weighted by atomic mass is 35.5. The molecule has 0 radical (unpaired) electrons. The van der Waals surface area contributed by atoms with E-state index in [0.29, 0.717) is 24.6 Å². The number of fused-ring (bicyclic) bond motifs is 1. The summed E-state index contributed by atoms with van der Waals surface area (Å²) in [7, 11) is 0. The van der Waals surface area contributed by atoms with Crippen LogP contribution >= 0.6 is 11.6 Å². The van der Waals surface area contributed by atoms with E-state index in [2.05, 4.69) is 42.3 Å². The molecule has 0 saturated carbocycles. The highest BCUT2D eigenvalue weighted by molar-refractivity contribution is 6.28. The second-order valence-corrected chi connectivity index (χ2v) is 7.42. The van der Waals surface area contributed by atoms with Crippen LogP contribution in [0.15, 0.2) is 36.7 Å². The summed E-state index contributed by atoms with van der Waals surface area (Å²) < 4.78 is 0. The average molecular weight is 399 g/mol. The summed E-state index contributed by atoms with van der Waals surface area (Å²) in [5, 5.41) is 3.26. The first-order chi connectivity index (χ1) is 13.7. The fourth-order valence-corrected chi connectivity index (χ4v) is 3.86. The van der Waals surface area contributed by atoms with Gasteiger partial charge in [0.2, 0.25) is 11.2 Å². The third kappa shape index (κ3) is 4.25. The standard InChI is InChI=1S/C20H23ClN6O/c21-20-25-17-16(23-13-24-17)18(26-20)27-11-5-9-15(12-27)19(28)22-10-4-8-14-6-2-1-3-7-14/h1-3,6-7,13,15H,4-5,8-12H2,(H,22,28)(H,23,24,25,26). The first-order valence-corrected chi connectivity index (χ1v) is 10.0. The molecule has 28 heavy (non-hydrogen) atoms. The summed E-state index contributed by atoms with van der Waals surface area (Å²) in [6.07, 6.45) is 5.29. The molecule has 0 spiro atoms. The largest absolute Gasteiger partial charge is 0.356 e. The number of rotatable bonds is 6. The smallest absolute Gasteiger partial charge is 0.226 e. The van der Waals surface area contributed by atoms with Gasteiger partial charge in [0, 0.05) is 19.6 Å². The van der Waals surface area contributed by atoms with Crippen molar-refractivity contribution < 1.29 is 4.79 Å². The van der Waals surface area contributed by atoms with Crippen molar-refractivity contribution in [3.63, 3.8) is 0 Å². The molecular formula is C20H23ClN6O. The van der Waals surface area contributed by atoms with Gasteiger partial charge in [-0.05, 0) is 42.8 Å². The number of hydrogen-bond acceptors (Lipinski definition) is 5. The summed E-state index contributed by atoms with van der Waals surface area (Å²) in [4.78, 5) is 30.5. The zero-order chi connectivity index (χ0) is 19.3. The van der Waals surface area contributed by atoms with Crippen molar-refractivity contribution in [3.8, 4) is 0 Å². The van der Waals surface area contributed by atoms with Gasteiger partial charge in [-0.15, -0.1) is 0 Å². The van der Waals surface area contributed by atoms with Crippen molar-refractivity contribution in [2.45, 2.75) is 25.7 Å². The number of aromatic nitrogens is 4. The van der Waals surface area contributed by atoms with Crippen LogP contribution in [0.4, 0.5) is 5.82 Å². The Morgan fingerprint density at radius 2 is 2.14 bits per heavy atom. The molecule has 3 aromatic rings. The Balaban J connectivity index is 1.34. The van der Waals surface area contributed by atoms with Crippen LogP contribution in [0.1, 0.15) is 24.8 Å². The van der Waals surface area contributed by atoms with E-state index in [9.17, 15) is 4.79 Å². The number of amides is 1. The Labute approximate surface area is 168 Å². The topological polar surface area (TPSA) is 86.8 Å². The number of imidazole rings is 1. The van der Waals surface area contributed by atoms with E-state index < -0.39 is 0 Å². The van der Waals surface area contributed by atoms with Gasteiger partial charge in [0.15, 0.2) is 11.5 Å². The zero-order valence-corrected chi connectivity index (χ0v) is 16.3. The van der Waals surface area contributed by atoms with Crippen LogP contribution in [0.5, 0.6) is 0 Å². The summed E-state index contributed by atoms with van der Waals surface area (Å²) in [5.74, 6) is 0.769. The number of aryl methyl sites for hydroxylation is 1. The number of hydrogen-bond donors (Lipinski definition) is 2. The van der Waals surface area contributed by atoms with Gasteiger partial charge in [-0.2, -0.15) is 9.97 Å². The van der Waals surface area contributed by atoms with Crippen LogP contribution in [-0.2, 0) is 11.2 Å². The van der Waals surface area contributed by atoms with Crippen LogP contribution in [0.25, 0.3) is 11.2 Å². The number of benzene rings is 1. The first kappa shape index (κ1) is 18.7.